The van der Waals surface area contributed by atoms with Crippen molar-refractivity contribution in [3.63, 3.8) is 0 Å². The quantitative estimate of drug-likeness (QED) is 0.754. The Balaban J connectivity index is 2.06. The summed E-state index contributed by atoms with van der Waals surface area (Å²) in [6.45, 7) is 0.416. The summed E-state index contributed by atoms with van der Waals surface area (Å²) in [6.07, 6.45) is 6.26. The summed E-state index contributed by atoms with van der Waals surface area (Å²) in [5.74, 6) is -0.0637. The third-order valence-corrected chi connectivity index (χ3v) is 2.85. The van der Waals surface area contributed by atoms with Gasteiger partial charge in [-0.25, -0.2) is 4.98 Å². The summed E-state index contributed by atoms with van der Waals surface area (Å²) in [4.78, 5) is 20.3. The van der Waals surface area contributed by atoms with Crippen LogP contribution in [-0.4, -0.2) is 45.1 Å². The molecule has 1 aliphatic carbocycles. The lowest BCUT2D eigenvalue weighted by atomic mass is 9.91. The Kier molecular flexibility index (Phi) is 3.01. The number of hydrogen-bond donors (Lipinski definition) is 2. The van der Waals surface area contributed by atoms with E-state index in [4.69, 9.17) is 5.11 Å². The molecule has 1 amide bonds. The zero-order valence-electron chi connectivity index (χ0n) is 8.52. The number of carbonyl (C=O) groups is 1. The molecule has 5 heteroatoms. The molecule has 2 rings (SSSR count). The highest BCUT2D eigenvalue weighted by Gasteiger charge is 2.29. The first-order valence-electron chi connectivity index (χ1n) is 5.23. The van der Waals surface area contributed by atoms with Crippen LogP contribution in [0.15, 0.2) is 12.5 Å². The molecule has 0 saturated heterocycles. The minimum Gasteiger partial charge on any atom is -0.395 e. The third-order valence-electron chi connectivity index (χ3n) is 2.85. The zero-order valence-corrected chi connectivity index (χ0v) is 8.52. The number of rotatable bonds is 4. The molecule has 0 aromatic carbocycles. The molecule has 0 bridgehead atoms. The van der Waals surface area contributed by atoms with Crippen molar-refractivity contribution in [3.8, 4) is 0 Å². The van der Waals surface area contributed by atoms with Gasteiger partial charge in [0.25, 0.3) is 5.91 Å². The smallest absolute Gasteiger partial charge is 0.272 e. The Bertz CT molecular complexity index is 319. The first-order chi connectivity index (χ1) is 7.33. The number of carbonyl (C=O) groups excluding carboxylic acids is 1. The number of aliphatic hydroxyl groups excluding tert-OH is 1. The lowest BCUT2D eigenvalue weighted by molar-refractivity contribution is 0.0520. The highest BCUT2D eigenvalue weighted by atomic mass is 16.3. The maximum absolute atomic E-state index is 12.0. The molecule has 0 aliphatic heterocycles. The van der Waals surface area contributed by atoms with E-state index in [1.165, 1.54) is 18.9 Å². The van der Waals surface area contributed by atoms with Gasteiger partial charge in [0.05, 0.1) is 19.1 Å². The maximum atomic E-state index is 12.0. The molecule has 15 heavy (non-hydrogen) atoms. The number of aliphatic hydroxyl groups is 1. The second kappa shape index (κ2) is 4.44. The van der Waals surface area contributed by atoms with Gasteiger partial charge in [-0.15, -0.1) is 0 Å². The molecule has 0 spiro atoms. The fourth-order valence-electron chi connectivity index (χ4n) is 1.78. The van der Waals surface area contributed by atoms with Crippen LogP contribution < -0.4 is 0 Å². The first-order valence-corrected chi connectivity index (χ1v) is 5.23. The predicted molar refractivity (Wildman–Crippen MR) is 54.3 cm³/mol. The van der Waals surface area contributed by atoms with Gasteiger partial charge in [-0.2, -0.15) is 0 Å². The van der Waals surface area contributed by atoms with Crippen LogP contribution in [0.4, 0.5) is 0 Å². The van der Waals surface area contributed by atoms with E-state index in [0.29, 0.717) is 18.3 Å². The molecule has 1 fully saturated rings. The number of imidazole rings is 1. The molecule has 5 nitrogen and oxygen atoms in total. The molecule has 0 radical (unpaired) electrons. The van der Waals surface area contributed by atoms with Crippen molar-refractivity contribution in [2.45, 2.75) is 25.3 Å². The summed E-state index contributed by atoms with van der Waals surface area (Å²) in [5, 5.41) is 8.93. The standard InChI is InChI=1S/C10H15N3O2/c14-5-4-13(8-2-1-3-8)10(15)9-6-11-7-12-9/h6-8,14H,1-5H2,(H,11,12). The van der Waals surface area contributed by atoms with Crippen LogP contribution in [0.5, 0.6) is 0 Å². The predicted octanol–water partition coefficient (Wildman–Crippen LogP) is 0.397. The zero-order chi connectivity index (χ0) is 10.7. The number of amides is 1. The Morgan fingerprint density at radius 1 is 1.67 bits per heavy atom. The largest absolute Gasteiger partial charge is 0.395 e. The Morgan fingerprint density at radius 2 is 2.47 bits per heavy atom. The number of nitrogens with zero attached hydrogens (tertiary/aromatic N) is 2. The van der Waals surface area contributed by atoms with E-state index in [1.807, 2.05) is 0 Å². The van der Waals surface area contributed by atoms with Gasteiger partial charge in [0.2, 0.25) is 0 Å². The molecule has 0 unspecified atom stereocenters. The van der Waals surface area contributed by atoms with E-state index in [0.717, 1.165) is 12.8 Å². The number of hydrogen-bond acceptors (Lipinski definition) is 3. The van der Waals surface area contributed by atoms with Crippen molar-refractivity contribution in [3.05, 3.63) is 18.2 Å². The summed E-state index contributed by atoms with van der Waals surface area (Å²) < 4.78 is 0. The molecule has 1 aromatic heterocycles. The number of nitrogens with one attached hydrogen (secondary N) is 1. The van der Waals surface area contributed by atoms with E-state index in [9.17, 15) is 4.79 Å². The summed E-state index contributed by atoms with van der Waals surface area (Å²) in [7, 11) is 0. The van der Waals surface area contributed by atoms with E-state index in [1.54, 1.807) is 4.90 Å². The van der Waals surface area contributed by atoms with Gasteiger partial charge in [-0.05, 0) is 19.3 Å². The molecule has 1 heterocycles. The topological polar surface area (TPSA) is 69.2 Å². The monoisotopic (exact) mass is 209 g/mol. The molecular formula is C10H15N3O2. The number of aromatic nitrogens is 2. The minimum atomic E-state index is -0.0637. The Morgan fingerprint density at radius 3 is 2.93 bits per heavy atom. The van der Waals surface area contributed by atoms with Crippen LogP contribution in [0.25, 0.3) is 0 Å². The Labute approximate surface area is 88.1 Å². The van der Waals surface area contributed by atoms with Crippen LogP contribution in [0.3, 0.4) is 0 Å². The van der Waals surface area contributed by atoms with Gasteiger partial charge in [0.1, 0.15) is 5.69 Å². The van der Waals surface area contributed by atoms with Crippen molar-refractivity contribution in [2.75, 3.05) is 13.2 Å². The molecular weight excluding hydrogens is 194 g/mol. The summed E-state index contributed by atoms with van der Waals surface area (Å²) in [6, 6.07) is 0.299. The molecule has 82 valence electrons. The number of H-pyrrole nitrogens is 1. The Hall–Kier alpha value is -1.36. The van der Waals surface area contributed by atoms with Crippen molar-refractivity contribution in [1.29, 1.82) is 0 Å². The van der Waals surface area contributed by atoms with E-state index in [2.05, 4.69) is 9.97 Å². The van der Waals surface area contributed by atoms with Gasteiger partial charge >= 0.3 is 0 Å². The van der Waals surface area contributed by atoms with Gasteiger partial charge in [-0.1, -0.05) is 0 Å². The normalized spacial score (nSPS) is 16.1. The second-order valence-electron chi connectivity index (χ2n) is 3.77. The van der Waals surface area contributed by atoms with Crippen molar-refractivity contribution in [2.24, 2.45) is 0 Å². The average Bonchev–Trinajstić information content (AvgIpc) is 2.66. The SMILES string of the molecule is O=C(c1cnc[nH]1)N(CCO)C1CCC1. The van der Waals surface area contributed by atoms with Crippen molar-refractivity contribution < 1.29 is 9.90 Å². The van der Waals surface area contributed by atoms with Gasteiger partial charge in [-0.3, -0.25) is 4.79 Å². The van der Waals surface area contributed by atoms with Crippen molar-refractivity contribution in [1.82, 2.24) is 14.9 Å². The van der Waals surface area contributed by atoms with Crippen LogP contribution in [-0.2, 0) is 0 Å². The lowest BCUT2D eigenvalue weighted by Crippen LogP contribution is -2.45. The van der Waals surface area contributed by atoms with E-state index in [-0.39, 0.29) is 12.5 Å². The van der Waals surface area contributed by atoms with E-state index < -0.39 is 0 Å². The summed E-state index contributed by atoms with van der Waals surface area (Å²) in [5.41, 5.74) is 0.496. The molecule has 1 aromatic rings. The van der Waals surface area contributed by atoms with Crippen LogP contribution in [0.1, 0.15) is 29.8 Å². The van der Waals surface area contributed by atoms with Crippen LogP contribution in [0.2, 0.25) is 0 Å². The van der Waals surface area contributed by atoms with Crippen molar-refractivity contribution >= 4 is 5.91 Å². The molecule has 0 atom stereocenters. The van der Waals surface area contributed by atoms with Gasteiger partial charge < -0.3 is 15.0 Å². The van der Waals surface area contributed by atoms with Gasteiger partial charge in [0.15, 0.2) is 0 Å². The highest BCUT2D eigenvalue weighted by Crippen LogP contribution is 2.25. The highest BCUT2D eigenvalue weighted by molar-refractivity contribution is 5.92. The number of aromatic amines is 1. The maximum Gasteiger partial charge on any atom is 0.272 e. The van der Waals surface area contributed by atoms with Crippen LogP contribution >= 0.6 is 0 Å². The average molecular weight is 209 g/mol. The molecule has 1 aliphatic rings. The lowest BCUT2D eigenvalue weighted by Gasteiger charge is -2.36. The third kappa shape index (κ3) is 2.02. The summed E-state index contributed by atoms with van der Waals surface area (Å²) >= 11 is 0. The fourth-order valence-corrected chi connectivity index (χ4v) is 1.78. The first kappa shape index (κ1) is 10.2. The van der Waals surface area contributed by atoms with E-state index >= 15 is 0 Å². The van der Waals surface area contributed by atoms with Crippen LogP contribution in [0, 0.1) is 0 Å². The fraction of sp³-hybridized carbons (Fsp3) is 0.600. The second-order valence-corrected chi connectivity index (χ2v) is 3.77. The van der Waals surface area contributed by atoms with Gasteiger partial charge in [0, 0.05) is 12.6 Å². The molecule has 2 N–H and O–H groups in total. The molecule has 1 saturated carbocycles. The minimum absolute atomic E-state index is 0.0103.